The predicted molar refractivity (Wildman–Crippen MR) is 113 cm³/mol. The molecule has 0 radical (unpaired) electrons. The van der Waals surface area contributed by atoms with Crippen LogP contribution in [0, 0.1) is 5.92 Å². The Morgan fingerprint density at radius 3 is 2.29 bits per heavy atom. The molecule has 0 aromatic rings. The summed E-state index contributed by atoms with van der Waals surface area (Å²) in [7, 11) is 1.32. The van der Waals surface area contributed by atoms with Gasteiger partial charge in [-0.2, -0.15) is 0 Å². The molecule has 1 aliphatic heterocycles. The van der Waals surface area contributed by atoms with E-state index in [1.807, 2.05) is 6.92 Å². The fraction of sp³-hybridized carbons (Fsp3) is 0.938. The van der Waals surface area contributed by atoms with E-state index < -0.39 is 9.84 Å². The molecule has 1 fully saturated rings. The first kappa shape index (κ1) is 23.9. The van der Waals surface area contributed by atoms with E-state index in [2.05, 4.69) is 43.5 Å². The SMILES string of the molecule is CCNC(=NCC(C(CC)CC)N(C)C)NC1CCS(=O)(=O)C1.I. The maximum absolute atomic E-state index is 11.6. The molecular weight excluding hydrogens is 439 g/mol. The fourth-order valence-corrected chi connectivity index (χ4v) is 4.85. The highest BCUT2D eigenvalue weighted by molar-refractivity contribution is 14.0. The Morgan fingerprint density at radius 1 is 1.25 bits per heavy atom. The molecule has 0 saturated carbocycles. The summed E-state index contributed by atoms with van der Waals surface area (Å²) >= 11 is 0. The Bertz CT molecular complexity index is 478. The first-order valence-electron chi connectivity index (χ1n) is 8.74. The summed E-state index contributed by atoms with van der Waals surface area (Å²) in [4.78, 5) is 6.96. The number of guanidine groups is 1. The van der Waals surface area contributed by atoms with E-state index in [0.29, 0.717) is 24.9 Å². The smallest absolute Gasteiger partial charge is 0.191 e. The quantitative estimate of drug-likeness (QED) is 0.319. The Labute approximate surface area is 165 Å². The van der Waals surface area contributed by atoms with Gasteiger partial charge in [0.15, 0.2) is 15.8 Å². The second kappa shape index (κ2) is 11.5. The first-order chi connectivity index (χ1) is 10.8. The summed E-state index contributed by atoms with van der Waals surface area (Å²) in [6, 6.07) is 0.372. The molecule has 8 heteroatoms. The van der Waals surface area contributed by atoms with Crippen molar-refractivity contribution in [3.8, 4) is 0 Å². The van der Waals surface area contributed by atoms with Crippen molar-refractivity contribution in [1.82, 2.24) is 15.5 Å². The molecule has 2 N–H and O–H groups in total. The highest BCUT2D eigenvalue weighted by Gasteiger charge is 2.28. The van der Waals surface area contributed by atoms with Gasteiger partial charge in [-0.05, 0) is 33.4 Å². The van der Waals surface area contributed by atoms with Gasteiger partial charge >= 0.3 is 0 Å². The minimum atomic E-state index is -2.88. The normalized spacial score (nSPS) is 21.6. The number of nitrogens with zero attached hydrogens (tertiary/aromatic N) is 2. The Morgan fingerprint density at radius 2 is 1.88 bits per heavy atom. The summed E-state index contributed by atoms with van der Waals surface area (Å²) in [5, 5.41) is 6.51. The van der Waals surface area contributed by atoms with Gasteiger partial charge in [0.1, 0.15) is 0 Å². The van der Waals surface area contributed by atoms with Gasteiger partial charge in [0.2, 0.25) is 0 Å². The Hall–Kier alpha value is -0.0900. The number of aliphatic imine (C=N–C) groups is 1. The standard InChI is InChI=1S/C16H34N4O2S.HI/c1-6-13(7-2)15(20(4)5)11-18-16(17-8-3)19-14-9-10-23(21,22)12-14;/h13-15H,6-12H2,1-5H3,(H2,17,18,19);1H. The van der Waals surface area contributed by atoms with Crippen molar-refractivity contribution in [2.24, 2.45) is 10.9 Å². The van der Waals surface area contributed by atoms with Crippen LogP contribution in [0.3, 0.4) is 0 Å². The average molecular weight is 474 g/mol. The van der Waals surface area contributed by atoms with Crippen LogP contribution in [0.25, 0.3) is 0 Å². The number of sulfone groups is 1. The van der Waals surface area contributed by atoms with E-state index in [4.69, 9.17) is 4.99 Å². The first-order valence-corrected chi connectivity index (χ1v) is 10.6. The van der Waals surface area contributed by atoms with Gasteiger partial charge in [-0.3, -0.25) is 4.99 Å². The maximum atomic E-state index is 11.6. The number of hydrogen-bond donors (Lipinski definition) is 2. The molecule has 0 bridgehead atoms. The Balaban J connectivity index is 0.00000529. The highest BCUT2D eigenvalue weighted by atomic mass is 127. The zero-order valence-corrected chi connectivity index (χ0v) is 18.9. The molecule has 1 aliphatic rings. The Kier molecular flexibility index (Phi) is 11.5. The number of nitrogens with one attached hydrogen (secondary N) is 2. The largest absolute Gasteiger partial charge is 0.357 e. The van der Waals surface area contributed by atoms with Crippen molar-refractivity contribution in [3.63, 3.8) is 0 Å². The maximum Gasteiger partial charge on any atom is 0.191 e. The molecule has 0 aromatic heterocycles. The second-order valence-corrected chi connectivity index (χ2v) is 8.80. The predicted octanol–water partition coefficient (Wildman–Crippen LogP) is 1.71. The van der Waals surface area contributed by atoms with E-state index in [9.17, 15) is 8.42 Å². The van der Waals surface area contributed by atoms with E-state index in [1.165, 1.54) is 0 Å². The molecule has 1 saturated heterocycles. The summed E-state index contributed by atoms with van der Waals surface area (Å²) in [6.07, 6.45) is 2.94. The lowest BCUT2D eigenvalue weighted by Gasteiger charge is -2.30. The molecule has 2 atom stereocenters. The van der Waals surface area contributed by atoms with Crippen molar-refractivity contribution in [3.05, 3.63) is 0 Å². The zero-order valence-electron chi connectivity index (χ0n) is 15.7. The third-order valence-electron chi connectivity index (χ3n) is 4.61. The lowest BCUT2D eigenvalue weighted by molar-refractivity contribution is 0.206. The van der Waals surface area contributed by atoms with E-state index >= 15 is 0 Å². The zero-order chi connectivity index (χ0) is 17.5. The fourth-order valence-electron chi connectivity index (χ4n) is 3.17. The minimum absolute atomic E-state index is 0. The van der Waals surface area contributed by atoms with Gasteiger partial charge in [0.25, 0.3) is 0 Å². The number of halogens is 1. The van der Waals surface area contributed by atoms with Crippen LogP contribution in [-0.2, 0) is 9.84 Å². The average Bonchev–Trinajstić information content (AvgIpc) is 2.82. The van der Waals surface area contributed by atoms with Crippen molar-refractivity contribution in [2.45, 2.75) is 52.1 Å². The third kappa shape index (κ3) is 7.86. The topological polar surface area (TPSA) is 73.8 Å². The van der Waals surface area contributed by atoms with Gasteiger partial charge in [0.05, 0.1) is 18.1 Å². The summed E-state index contributed by atoms with van der Waals surface area (Å²) in [6.45, 7) is 7.95. The molecule has 6 nitrogen and oxygen atoms in total. The van der Waals surface area contributed by atoms with Crippen molar-refractivity contribution < 1.29 is 8.42 Å². The lowest BCUT2D eigenvalue weighted by atomic mass is 9.93. The van der Waals surface area contributed by atoms with Crippen LogP contribution in [0.4, 0.5) is 0 Å². The van der Waals surface area contributed by atoms with E-state index in [0.717, 1.165) is 25.3 Å². The summed E-state index contributed by atoms with van der Waals surface area (Å²) in [5.74, 6) is 1.83. The van der Waals surface area contributed by atoms with E-state index in [1.54, 1.807) is 0 Å². The van der Waals surface area contributed by atoms with Crippen molar-refractivity contribution >= 4 is 39.8 Å². The monoisotopic (exact) mass is 474 g/mol. The molecule has 0 aliphatic carbocycles. The van der Waals surface area contributed by atoms with Crippen LogP contribution < -0.4 is 10.6 Å². The van der Waals surface area contributed by atoms with Crippen LogP contribution in [0.15, 0.2) is 4.99 Å². The molecule has 1 rings (SSSR count). The van der Waals surface area contributed by atoms with Gasteiger partial charge in [-0.15, -0.1) is 24.0 Å². The summed E-state index contributed by atoms with van der Waals surface area (Å²) in [5.41, 5.74) is 0. The molecule has 1 heterocycles. The van der Waals surface area contributed by atoms with Crippen LogP contribution in [0.2, 0.25) is 0 Å². The van der Waals surface area contributed by atoms with Gasteiger partial charge in [-0.25, -0.2) is 8.42 Å². The molecule has 144 valence electrons. The van der Waals surface area contributed by atoms with Crippen molar-refractivity contribution in [1.29, 1.82) is 0 Å². The molecule has 2 unspecified atom stereocenters. The van der Waals surface area contributed by atoms with Gasteiger partial charge in [0, 0.05) is 18.6 Å². The molecule has 0 spiro atoms. The molecule has 0 amide bonds. The molecule has 0 aromatic carbocycles. The van der Waals surface area contributed by atoms with E-state index in [-0.39, 0.29) is 41.5 Å². The van der Waals surface area contributed by atoms with Gasteiger partial charge in [-0.1, -0.05) is 26.7 Å². The van der Waals surface area contributed by atoms with Crippen LogP contribution >= 0.6 is 24.0 Å². The van der Waals surface area contributed by atoms with Crippen LogP contribution in [-0.4, -0.2) is 70.1 Å². The lowest BCUT2D eigenvalue weighted by Crippen LogP contribution is -2.45. The molecular formula is C16H35IN4O2S. The van der Waals surface area contributed by atoms with Crippen LogP contribution in [0.5, 0.6) is 0 Å². The number of likely N-dealkylation sites (N-methyl/N-ethyl adjacent to an activating group) is 1. The number of hydrogen-bond acceptors (Lipinski definition) is 4. The molecule has 24 heavy (non-hydrogen) atoms. The second-order valence-electron chi connectivity index (χ2n) is 6.57. The highest BCUT2D eigenvalue weighted by Crippen LogP contribution is 2.17. The third-order valence-corrected chi connectivity index (χ3v) is 6.38. The van der Waals surface area contributed by atoms with Crippen molar-refractivity contribution in [2.75, 3.05) is 38.7 Å². The minimum Gasteiger partial charge on any atom is -0.357 e. The number of rotatable bonds is 8. The summed E-state index contributed by atoms with van der Waals surface area (Å²) < 4.78 is 23.2. The van der Waals surface area contributed by atoms with Crippen LogP contribution in [0.1, 0.15) is 40.0 Å². The van der Waals surface area contributed by atoms with Gasteiger partial charge < -0.3 is 15.5 Å².